The molecular weight excluding hydrogens is 314 g/mol. The van der Waals surface area contributed by atoms with Crippen LogP contribution in [0.1, 0.15) is 10.4 Å². The molecule has 0 spiro atoms. The summed E-state index contributed by atoms with van der Waals surface area (Å²) in [6.45, 7) is -0.819. The van der Waals surface area contributed by atoms with Crippen molar-refractivity contribution in [1.82, 2.24) is 0 Å². The number of rotatable bonds is 5. The Labute approximate surface area is 128 Å². The minimum absolute atomic E-state index is 0.0576. The average molecular weight is 324 g/mol. The number of halogens is 1. The molecule has 7 heteroatoms. The van der Waals surface area contributed by atoms with Crippen LogP contribution in [0.25, 0.3) is 0 Å². The fourth-order valence-corrected chi connectivity index (χ4v) is 3.16. The van der Waals surface area contributed by atoms with Crippen molar-refractivity contribution in [1.29, 1.82) is 0 Å². The molecule has 0 aliphatic heterocycles. The molecule has 0 amide bonds. The Balaban J connectivity index is 2.29. The van der Waals surface area contributed by atoms with Gasteiger partial charge in [0.15, 0.2) is 0 Å². The molecule has 1 atom stereocenters. The molecule has 0 aromatic heterocycles. The number of Topliss-reactive ketones (excluding diaryl/α,β-unsaturated/α-hetero) is 1. The highest BCUT2D eigenvalue weighted by Gasteiger charge is 2.17. The van der Waals surface area contributed by atoms with Gasteiger partial charge in [-0.15, -0.1) is 0 Å². The van der Waals surface area contributed by atoms with Gasteiger partial charge in [0.1, 0.15) is 0 Å². The van der Waals surface area contributed by atoms with Gasteiger partial charge in [0.05, 0.1) is 15.8 Å². The van der Waals surface area contributed by atoms with Crippen LogP contribution in [-0.2, 0) is 10.8 Å². The van der Waals surface area contributed by atoms with Crippen LogP contribution in [0.3, 0.4) is 0 Å². The van der Waals surface area contributed by atoms with E-state index in [0.29, 0.717) is 9.79 Å². The molecule has 0 bridgehead atoms. The van der Waals surface area contributed by atoms with Gasteiger partial charge >= 0.3 is 0 Å². The zero-order valence-electron chi connectivity index (χ0n) is 10.7. The predicted octanol–water partition coefficient (Wildman–Crippen LogP) is 2.97. The molecule has 0 saturated heterocycles. The number of nitro groups is 1. The molecule has 0 saturated carbocycles. The molecule has 0 heterocycles. The average Bonchev–Trinajstić information content (AvgIpc) is 2.46. The van der Waals surface area contributed by atoms with Gasteiger partial charge in [0.25, 0.3) is 6.54 Å². The van der Waals surface area contributed by atoms with Crippen molar-refractivity contribution in [3.63, 3.8) is 0 Å². The summed E-state index contributed by atoms with van der Waals surface area (Å²) in [7, 11) is -1.42. The lowest BCUT2D eigenvalue weighted by Crippen LogP contribution is -2.14. The monoisotopic (exact) mass is 323 g/mol. The molecule has 2 aromatic carbocycles. The number of benzene rings is 2. The molecule has 0 aliphatic rings. The van der Waals surface area contributed by atoms with E-state index in [2.05, 4.69) is 0 Å². The third kappa shape index (κ3) is 3.74. The number of carbonyl (C=O) groups excluding carboxylic acids is 1. The Hall–Kier alpha value is -2.05. The van der Waals surface area contributed by atoms with E-state index in [9.17, 15) is 19.1 Å². The highest BCUT2D eigenvalue weighted by Crippen LogP contribution is 2.23. The second-order valence-corrected chi connectivity index (χ2v) is 6.02. The van der Waals surface area contributed by atoms with Crippen molar-refractivity contribution < 1.29 is 13.9 Å². The Kier molecular flexibility index (Phi) is 4.82. The first-order valence-electron chi connectivity index (χ1n) is 5.90. The largest absolute Gasteiger partial charge is 0.287 e. The van der Waals surface area contributed by atoms with Crippen LogP contribution in [0.2, 0.25) is 5.02 Å². The summed E-state index contributed by atoms with van der Waals surface area (Å²) in [6, 6.07) is 13.0. The fourth-order valence-electron chi connectivity index (χ4n) is 1.72. The quantitative estimate of drug-likeness (QED) is 0.481. The second-order valence-electron chi connectivity index (χ2n) is 4.14. The van der Waals surface area contributed by atoms with Crippen molar-refractivity contribution in [2.75, 3.05) is 6.54 Å². The van der Waals surface area contributed by atoms with Gasteiger partial charge < -0.3 is 0 Å². The highest BCUT2D eigenvalue weighted by atomic mass is 35.5. The summed E-state index contributed by atoms with van der Waals surface area (Å²) in [5.74, 6) is -0.679. The van der Waals surface area contributed by atoms with Crippen LogP contribution < -0.4 is 0 Å². The number of carbonyl (C=O) groups is 1. The van der Waals surface area contributed by atoms with Gasteiger partial charge in [-0.25, -0.2) is 4.21 Å². The maximum absolute atomic E-state index is 12.3. The van der Waals surface area contributed by atoms with Gasteiger partial charge in [-0.1, -0.05) is 29.8 Å². The first-order valence-corrected chi connectivity index (χ1v) is 7.43. The summed E-state index contributed by atoms with van der Waals surface area (Å²) in [4.78, 5) is 22.3. The summed E-state index contributed by atoms with van der Waals surface area (Å²) in [5.41, 5.74) is 0.0576. The van der Waals surface area contributed by atoms with E-state index in [1.807, 2.05) is 6.07 Å². The first kappa shape index (κ1) is 15.3. The van der Waals surface area contributed by atoms with E-state index in [1.54, 1.807) is 24.3 Å². The van der Waals surface area contributed by atoms with E-state index in [4.69, 9.17) is 11.6 Å². The van der Waals surface area contributed by atoms with Crippen molar-refractivity contribution in [3.8, 4) is 0 Å². The number of nitrogens with zero attached hydrogens (tertiary/aromatic N) is 1. The lowest BCUT2D eigenvalue weighted by molar-refractivity contribution is -0.465. The Bertz CT molecular complexity index is 718. The number of ketones is 1. The number of hydrogen-bond acceptors (Lipinski definition) is 4. The SMILES string of the molecule is O=C(C[N+](=O)[O-])c1ccc(S(=O)c2ccccc2)cc1Cl. The zero-order chi connectivity index (χ0) is 15.4. The first-order chi connectivity index (χ1) is 9.99. The standard InChI is InChI=1S/C14H10ClNO4S/c15-13-8-11(21(20)10-4-2-1-3-5-10)6-7-12(13)14(17)9-16(18)19/h1-8H,9H2. The molecule has 2 rings (SSSR count). The van der Waals surface area contributed by atoms with Crippen LogP contribution in [-0.4, -0.2) is 21.5 Å². The van der Waals surface area contributed by atoms with Crippen LogP contribution in [0, 0.1) is 10.1 Å². The van der Waals surface area contributed by atoms with Crippen LogP contribution in [0.5, 0.6) is 0 Å². The van der Waals surface area contributed by atoms with Crippen molar-refractivity contribution >= 4 is 28.2 Å². The normalized spacial score (nSPS) is 11.9. The topological polar surface area (TPSA) is 77.3 Å². The summed E-state index contributed by atoms with van der Waals surface area (Å²) in [6.07, 6.45) is 0. The van der Waals surface area contributed by atoms with Gasteiger partial charge in [-0.2, -0.15) is 0 Å². The minimum atomic E-state index is -1.42. The molecule has 0 N–H and O–H groups in total. The van der Waals surface area contributed by atoms with E-state index in [0.717, 1.165) is 0 Å². The molecule has 0 aliphatic carbocycles. The third-order valence-electron chi connectivity index (χ3n) is 2.69. The third-order valence-corrected chi connectivity index (χ3v) is 4.38. The van der Waals surface area contributed by atoms with Crippen LogP contribution >= 0.6 is 11.6 Å². The molecule has 0 fully saturated rings. The minimum Gasteiger partial charge on any atom is -0.287 e. The van der Waals surface area contributed by atoms with E-state index in [1.165, 1.54) is 18.2 Å². The lowest BCUT2D eigenvalue weighted by atomic mass is 10.1. The Morgan fingerprint density at radius 1 is 1.14 bits per heavy atom. The zero-order valence-corrected chi connectivity index (χ0v) is 12.3. The Morgan fingerprint density at radius 2 is 1.81 bits per heavy atom. The predicted molar refractivity (Wildman–Crippen MR) is 78.8 cm³/mol. The number of hydrogen-bond donors (Lipinski definition) is 0. The second kappa shape index (κ2) is 6.60. The maximum atomic E-state index is 12.3. The van der Waals surface area contributed by atoms with Crippen LogP contribution in [0.4, 0.5) is 0 Å². The van der Waals surface area contributed by atoms with E-state index in [-0.39, 0.29) is 10.6 Å². The van der Waals surface area contributed by atoms with E-state index >= 15 is 0 Å². The van der Waals surface area contributed by atoms with Gasteiger partial charge in [0.2, 0.25) is 5.78 Å². The molecule has 5 nitrogen and oxygen atoms in total. The Morgan fingerprint density at radius 3 is 2.38 bits per heavy atom. The van der Waals surface area contributed by atoms with Crippen molar-refractivity contribution in [2.45, 2.75) is 9.79 Å². The maximum Gasteiger partial charge on any atom is 0.265 e. The highest BCUT2D eigenvalue weighted by molar-refractivity contribution is 7.85. The van der Waals surface area contributed by atoms with Crippen molar-refractivity contribution in [2.24, 2.45) is 0 Å². The summed E-state index contributed by atoms with van der Waals surface area (Å²) in [5, 5.41) is 10.4. The van der Waals surface area contributed by atoms with Gasteiger partial charge in [0, 0.05) is 20.3 Å². The fraction of sp³-hybridized carbons (Fsp3) is 0.0714. The van der Waals surface area contributed by atoms with Crippen LogP contribution in [0.15, 0.2) is 58.3 Å². The lowest BCUT2D eigenvalue weighted by Gasteiger charge is -2.05. The van der Waals surface area contributed by atoms with Gasteiger partial charge in [-0.3, -0.25) is 14.9 Å². The molecule has 2 aromatic rings. The summed E-state index contributed by atoms with van der Waals surface area (Å²) < 4.78 is 12.3. The molecule has 1 unspecified atom stereocenters. The summed E-state index contributed by atoms with van der Waals surface area (Å²) >= 11 is 5.96. The molecule has 108 valence electrons. The van der Waals surface area contributed by atoms with Gasteiger partial charge in [-0.05, 0) is 30.3 Å². The smallest absolute Gasteiger partial charge is 0.265 e. The molecule has 0 radical (unpaired) electrons. The molecule has 21 heavy (non-hydrogen) atoms. The van der Waals surface area contributed by atoms with E-state index < -0.39 is 28.1 Å². The molecular formula is C14H10ClNO4S. The van der Waals surface area contributed by atoms with Crippen molar-refractivity contribution in [3.05, 3.63) is 69.2 Å².